The molecule has 1 rings (SSSR count). The van der Waals surface area contributed by atoms with Gasteiger partial charge in [0.15, 0.2) is 0 Å². The summed E-state index contributed by atoms with van der Waals surface area (Å²) < 4.78 is 13.7. The van der Waals surface area contributed by atoms with Crippen LogP contribution in [-0.4, -0.2) is 23.5 Å². The zero-order valence-electron chi connectivity index (χ0n) is 8.29. The van der Waals surface area contributed by atoms with Crippen molar-refractivity contribution >= 4 is 15.9 Å². The quantitative estimate of drug-likeness (QED) is 0.867. The molecule has 1 aromatic carbocycles. The molecule has 1 unspecified atom stereocenters. The van der Waals surface area contributed by atoms with Crippen LogP contribution in [0.1, 0.15) is 18.4 Å². The highest BCUT2D eigenvalue weighted by Gasteiger charge is 2.28. The van der Waals surface area contributed by atoms with Gasteiger partial charge in [-0.3, -0.25) is 0 Å². The maximum Gasteiger partial charge on any atom is 0.122 e. The van der Waals surface area contributed by atoms with Gasteiger partial charge < -0.3 is 10.2 Å². The van der Waals surface area contributed by atoms with Gasteiger partial charge in [-0.05, 0) is 30.5 Å². The Hall–Kier alpha value is -0.450. The Bertz CT molecular complexity index is 302. The van der Waals surface area contributed by atoms with E-state index in [2.05, 4.69) is 15.9 Å². The van der Waals surface area contributed by atoms with E-state index >= 15 is 0 Å². The van der Waals surface area contributed by atoms with E-state index < -0.39 is 12.3 Å². The molecular weight excluding hydrogens is 263 g/mol. The first-order valence-electron chi connectivity index (χ1n) is 4.77. The van der Waals surface area contributed by atoms with Crippen LogP contribution in [0, 0.1) is 0 Å². The third-order valence-corrected chi connectivity index (χ3v) is 2.88. The summed E-state index contributed by atoms with van der Waals surface area (Å²) >= 11 is 3.27. The maximum atomic E-state index is 12.8. The Morgan fingerprint density at radius 2 is 1.87 bits per heavy atom. The summed E-state index contributed by atoms with van der Waals surface area (Å²) in [7, 11) is 0. The van der Waals surface area contributed by atoms with Crippen molar-refractivity contribution in [3.05, 3.63) is 34.3 Å². The van der Waals surface area contributed by atoms with Crippen molar-refractivity contribution in [2.45, 2.75) is 18.4 Å². The molecule has 84 valence electrons. The predicted octanol–water partition coefficient (Wildman–Crippen LogP) is 2.38. The summed E-state index contributed by atoms with van der Waals surface area (Å²) in [5.74, 6) is 0. The zero-order chi connectivity index (χ0) is 11.3. The van der Waals surface area contributed by atoms with Gasteiger partial charge in [-0.1, -0.05) is 28.1 Å². The fourth-order valence-corrected chi connectivity index (χ4v) is 1.68. The van der Waals surface area contributed by atoms with Gasteiger partial charge in [-0.15, -0.1) is 0 Å². The van der Waals surface area contributed by atoms with Gasteiger partial charge in [0.25, 0.3) is 0 Å². The van der Waals surface area contributed by atoms with Crippen LogP contribution in [0.5, 0.6) is 0 Å². The average Bonchev–Trinajstić information content (AvgIpc) is 2.27. The van der Waals surface area contributed by atoms with Gasteiger partial charge in [0.1, 0.15) is 12.3 Å². The average molecular weight is 277 g/mol. The fourth-order valence-electron chi connectivity index (χ4n) is 1.42. The fraction of sp³-hybridized carbons (Fsp3) is 0.455. The van der Waals surface area contributed by atoms with Crippen LogP contribution in [0.15, 0.2) is 28.7 Å². The lowest BCUT2D eigenvalue weighted by Gasteiger charge is -2.25. The van der Waals surface area contributed by atoms with Crippen molar-refractivity contribution in [3.63, 3.8) is 0 Å². The second-order valence-corrected chi connectivity index (χ2v) is 4.41. The largest absolute Gasteiger partial charge is 0.396 e. The van der Waals surface area contributed by atoms with Crippen molar-refractivity contribution in [1.82, 2.24) is 0 Å². The normalized spacial score (nSPS) is 14.9. The number of aliphatic hydroxyl groups is 2. The number of benzene rings is 1. The van der Waals surface area contributed by atoms with Crippen molar-refractivity contribution in [2.75, 3.05) is 13.3 Å². The van der Waals surface area contributed by atoms with E-state index in [1.165, 1.54) is 0 Å². The maximum absolute atomic E-state index is 12.8. The summed E-state index contributed by atoms with van der Waals surface area (Å²) in [5, 5.41) is 18.7. The zero-order valence-corrected chi connectivity index (χ0v) is 9.87. The molecule has 1 atom stereocenters. The first kappa shape index (κ1) is 12.6. The molecule has 0 saturated heterocycles. The molecule has 0 heterocycles. The highest BCUT2D eigenvalue weighted by Crippen LogP contribution is 2.28. The molecule has 0 bridgehead atoms. The minimum absolute atomic E-state index is 0.0428. The van der Waals surface area contributed by atoms with Gasteiger partial charge in [-0.2, -0.15) is 0 Å². The molecule has 0 aliphatic rings. The first-order chi connectivity index (χ1) is 7.12. The van der Waals surface area contributed by atoms with Gasteiger partial charge >= 0.3 is 0 Å². The second-order valence-electron chi connectivity index (χ2n) is 3.50. The van der Waals surface area contributed by atoms with Crippen LogP contribution in [0.2, 0.25) is 0 Å². The Morgan fingerprint density at radius 3 is 2.33 bits per heavy atom. The summed E-state index contributed by atoms with van der Waals surface area (Å²) in [6.45, 7) is -0.881. The minimum Gasteiger partial charge on any atom is -0.396 e. The summed E-state index contributed by atoms with van der Waals surface area (Å²) in [5.41, 5.74) is -0.926. The molecule has 2 nitrogen and oxygen atoms in total. The van der Waals surface area contributed by atoms with Crippen molar-refractivity contribution in [2.24, 2.45) is 0 Å². The molecule has 1 aromatic rings. The number of hydrogen-bond donors (Lipinski definition) is 2. The van der Waals surface area contributed by atoms with E-state index in [-0.39, 0.29) is 13.0 Å². The van der Waals surface area contributed by atoms with Crippen LogP contribution in [0.4, 0.5) is 4.39 Å². The Labute approximate surface area is 96.9 Å². The van der Waals surface area contributed by atoms with Crippen molar-refractivity contribution in [3.8, 4) is 0 Å². The lowest BCUT2D eigenvalue weighted by Crippen LogP contribution is -2.28. The highest BCUT2D eigenvalue weighted by molar-refractivity contribution is 9.10. The van der Waals surface area contributed by atoms with Gasteiger partial charge in [0, 0.05) is 11.1 Å². The lowest BCUT2D eigenvalue weighted by molar-refractivity contribution is -0.00253. The summed E-state index contributed by atoms with van der Waals surface area (Å²) in [6, 6.07) is 6.88. The van der Waals surface area contributed by atoms with Crippen LogP contribution in [-0.2, 0) is 5.60 Å². The molecular formula is C11H14BrFO2. The first-order valence-corrected chi connectivity index (χ1v) is 5.57. The molecule has 0 radical (unpaired) electrons. The SMILES string of the molecule is OCCCC(O)(CF)c1ccc(Br)cc1. The third-order valence-electron chi connectivity index (χ3n) is 2.35. The number of rotatable bonds is 5. The lowest BCUT2D eigenvalue weighted by atomic mass is 9.90. The molecule has 0 aromatic heterocycles. The van der Waals surface area contributed by atoms with Crippen molar-refractivity contribution < 1.29 is 14.6 Å². The number of halogens is 2. The summed E-state index contributed by atoms with van der Waals surface area (Å²) in [4.78, 5) is 0. The van der Waals surface area contributed by atoms with Crippen LogP contribution < -0.4 is 0 Å². The number of hydrogen-bond acceptors (Lipinski definition) is 2. The van der Waals surface area contributed by atoms with Crippen LogP contribution in [0.3, 0.4) is 0 Å². The van der Waals surface area contributed by atoms with E-state index in [9.17, 15) is 9.50 Å². The van der Waals surface area contributed by atoms with Crippen molar-refractivity contribution in [1.29, 1.82) is 0 Å². The Morgan fingerprint density at radius 1 is 1.27 bits per heavy atom. The molecule has 15 heavy (non-hydrogen) atoms. The molecule has 0 spiro atoms. The third kappa shape index (κ3) is 3.26. The monoisotopic (exact) mass is 276 g/mol. The van der Waals surface area contributed by atoms with E-state index in [0.29, 0.717) is 12.0 Å². The molecule has 0 aliphatic carbocycles. The smallest absolute Gasteiger partial charge is 0.122 e. The van der Waals surface area contributed by atoms with Gasteiger partial charge in [0.05, 0.1) is 0 Å². The standard InChI is InChI=1S/C11H14BrFO2/c12-10-4-2-9(3-5-10)11(15,8-13)6-1-7-14/h2-5,14-15H,1,6-8H2. The molecule has 4 heteroatoms. The Kier molecular flexibility index (Phi) is 4.70. The molecule has 0 aliphatic heterocycles. The molecule has 2 N–H and O–H groups in total. The molecule has 0 amide bonds. The predicted molar refractivity (Wildman–Crippen MR) is 60.3 cm³/mol. The van der Waals surface area contributed by atoms with Gasteiger partial charge in [0.2, 0.25) is 0 Å². The topological polar surface area (TPSA) is 40.5 Å². The van der Waals surface area contributed by atoms with E-state index in [1.807, 2.05) is 0 Å². The van der Waals surface area contributed by atoms with Crippen LogP contribution in [0.25, 0.3) is 0 Å². The summed E-state index contributed by atoms with van der Waals surface area (Å²) in [6.07, 6.45) is 0.609. The number of alkyl halides is 1. The van der Waals surface area contributed by atoms with Gasteiger partial charge in [-0.25, -0.2) is 4.39 Å². The molecule has 0 saturated carbocycles. The molecule has 0 fully saturated rings. The Balaban J connectivity index is 2.85. The van der Waals surface area contributed by atoms with Crippen LogP contribution >= 0.6 is 15.9 Å². The van der Waals surface area contributed by atoms with E-state index in [1.54, 1.807) is 24.3 Å². The minimum atomic E-state index is -1.47. The van der Waals surface area contributed by atoms with E-state index in [0.717, 1.165) is 4.47 Å². The second kappa shape index (κ2) is 5.58. The van der Waals surface area contributed by atoms with E-state index in [4.69, 9.17) is 5.11 Å². The highest BCUT2D eigenvalue weighted by atomic mass is 79.9. The number of aliphatic hydroxyl groups excluding tert-OH is 1.